The molecule has 0 spiro atoms. The fourth-order valence-corrected chi connectivity index (χ4v) is 5.52. The molecular weight excluding hydrogens is 436 g/mol. The Labute approximate surface area is 222 Å². The molecule has 0 bridgehead atoms. The number of aryl methyl sites for hydroxylation is 1. The van der Waals surface area contributed by atoms with Crippen LogP contribution in [0.3, 0.4) is 0 Å². The van der Waals surface area contributed by atoms with Gasteiger partial charge >= 0.3 is 0 Å². The highest BCUT2D eigenvalue weighted by molar-refractivity contribution is 5.45. The predicted molar refractivity (Wildman–Crippen MR) is 154 cm³/mol. The van der Waals surface area contributed by atoms with Crippen molar-refractivity contribution in [3.63, 3.8) is 0 Å². The zero-order valence-corrected chi connectivity index (χ0v) is 23.3. The smallest absolute Gasteiger partial charge is 0.205 e. The van der Waals surface area contributed by atoms with Crippen LogP contribution in [0, 0.1) is 17.8 Å². The Hall–Kier alpha value is -2.14. The van der Waals surface area contributed by atoms with E-state index in [9.17, 15) is 0 Å². The van der Waals surface area contributed by atoms with Crippen LogP contribution in [0.5, 0.6) is 0 Å². The van der Waals surface area contributed by atoms with Crippen molar-refractivity contribution in [2.45, 2.75) is 136 Å². The monoisotopic (exact) mass is 486 g/mol. The second kappa shape index (κ2) is 17.3. The van der Waals surface area contributed by atoms with Gasteiger partial charge in [-0.15, -0.1) is 0 Å². The molecule has 1 heterocycles. The first-order valence-corrected chi connectivity index (χ1v) is 15.2. The lowest BCUT2D eigenvalue weighted by Gasteiger charge is -2.08. The van der Waals surface area contributed by atoms with Crippen molar-refractivity contribution in [3.8, 4) is 11.8 Å². The predicted octanol–water partition coefficient (Wildman–Crippen LogP) is 9.42. The number of hydrogen-bond acceptors (Lipinski definition) is 2. The van der Waals surface area contributed by atoms with Gasteiger partial charge in [0.25, 0.3) is 0 Å². The standard InChI is InChI=1S/C34H50N2/c1-3-5-7-9-11-12-13-15-17-19-31-27-35-34(36-28-31)23-21-29-20-22-32-25-30(26-33(32)24-29)18-16-14-10-8-6-4-2/h20,22,24,27-28,30H,3-19,25-26H2,1-2H3. The molecule has 3 rings (SSSR count). The Morgan fingerprint density at radius 3 is 1.92 bits per heavy atom. The lowest BCUT2D eigenvalue weighted by molar-refractivity contribution is 0.469. The van der Waals surface area contributed by atoms with Gasteiger partial charge in [0.15, 0.2) is 0 Å². The molecule has 2 aromatic rings. The Balaban J connectivity index is 1.35. The maximum absolute atomic E-state index is 4.51. The number of unbranched alkanes of at least 4 members (excludes halogenated alkanes) is 13. The fraction of sp³-hybridized carbons (Fsp3) is 0.647. The molecule has 196 valence electrons. The van der Waals surface area contributed by atoms with Crippen LogP contribution in [0.1, 0.15) is 145 Å². The summed E-state index contributed by atoms with van der Waals surface area (Å²) in [4.78, 5) is 9.02. The molecule has 1 aromatic carbocycles. The summed E-state index contributed by atoms with van der Waals surface area (Å²) in [5.41, 5.74) is 5.37. The van der Waals surface area contributed by atoms with Crippen molar-refractivity contribution in [3.05, 3.63) is 58.7 Å². The van der Waals surface area contributed by atoms with Gasteiger partial charge in [-0.1, -0.05) is 116 Å². The van der Waals surface area contributed by atoms with Crippen molar-refractivity contribution in [2.75, 3.05) is 0 Å². The van der Waals surface area contributed by atoms with E-state index in [4.69, 9.17) is 0 Å². The second-order valence-electron chi connectivity index (χ2n) is 11.1. The molecule has 1 unspecified atom stereocenters. The molecule has 36 heavy (non-hydrogen) atoms. The Bertz CT molecular complexity index is 918. The van der Waals surface area contributed by atoms with Crippen molar-refractivity contribution >= 4 is 0 Å². The van der Waals surface area contributed by atoms with E-state index in [2.05, 4.69) is 53.9 Å². The SMILES string of the molecule is CCCCCCCCCCCc1cnc(C#Cc2ccc3c(c2)CC(CCCCCCCC)C3)nc1. The van der Waals surface area contributed by atoms with E-state index in [1.165, 1.54) is 132 Å². The minimum atomic E-state index is 0.632. The average Bonchev–Trinajstić information content (AvgIpc) is 3.31. The van der Waals surface area contributed by atoms with Crippen LogP contribution < -0.4 is 0 Å². The van der Waals surface area contributed by atoms with Crippen LogP contribution in [-0.2, 0) is 19.3 Å². The first-order valence-electron chi connectivity index (χ1n) is 15.2. The molecule has 1 aliphatic carbocycles. The summed E-state index contributed by atoms with van der Waals surface area (Å²) >= 11 is 0. The van der Waals surface area contributed by atoms with Crippen LogP contribution in [0.2, 0.25) is 0 Å². The highest BCUT2D eigenvalue weighted by atomic mass is 14.8. The minimum absolute atomic E-state index is 0.632. The van der Waals surface area contributed by atoms with Gasteiger partial charge in [-0.3, -0.25) is 0 Å². The van der Waals surface area contributed by atoms with Crippen molar-refractivity contribution < 1.29 is 0 Å². The van der Waals surface area contributed by atoms with Gasteiger partial charge in [-0.2, -0.15) is 0 Å². The van der Waals surface area contributed by atoms with E-state index in [0.29, 0.717) is 5.82 Å². The maximum Gasteiger partial charge on any atom is 0.205 e. The van der Waals surface area contributed by atoms with E-state index in [1.807, 2.05) is 12.4 Å². The quantitative estimate of drug-likeness (QED) is 0.164. The van der Waals surface area contributed by atoms with Gasteiger partial charge in [0, 0.05) is 18.0 Å². The van der Waals surface area contributed by atoms with Gasteiger partial charge in [-0.05, 0) is 72.8 Å². The first kappa shape index (κ1) is 28.4. The van der Waals surface area contributed by atoms with Crippen LogP contribution in [0.4, 0.5) is 0 Å². The number of hydrogen-bond donors (Lipinski definition) is 0. The molecule has 0 saturated carbocycles. The summed E-state index contributed by atoms with van der Waals surface area (Å²) in [6, 6.07) is 6.79. The normalized spacial score (nSPS) is 14.4. The molecule has 1 aliphatic rings. The molecule has 0 amide bonds. The molecule has 0 aliphatic heterocycles. The lowest BCUT2D eigenvalue weighted by atomic mass is 9.97. The molecular formula is C34H50N2. The van der Waals surface area contributed by atoms with E-state index < -0.39 is 0 Å². The second-order valence-corrected chi connectivity index (χ2v) is 11.1. The van der Waals surface area contributed by atoms with Gasteiger partial charge < -0.3 is 0 Å². The van der Waals surface area contributed by atoms with E-state index in [-0.39, 0.29) is 0 Å². The highest BCUT2D eigenvalue weighted by Crippen LogP contribution is 2.31. The number of aromatic nitrogens is 2. The molecule has 0 radical (unpaired) electrons. The summed E-state index contributed by atoms with van der Waals surface area (Å²) in [6.45, 7) is 4.57. The van der Waals surface area contributed by atoms with Crippen molar-refractivity contribution in [1.82, 2.24) is 9.97 Å². The average molecular weight is 487 g/mol. The van der Waals surface area contributed by atoms with Gasteiger partial charge in [-0.25, -0.2) is 9.97 Å². The van der Waals surface area contributed by atoms with Gasteiger partial charge in [0.1, 0.15) is 0 Å². The summed E-state index contributed by atoms with van der Waals surface area (Å²) in [6.07, 6.45) is 29.5. The molecule has 1 atom stereocenters. The number of fused-ring (bicyclic) bond motifs is 1. The molecule has 0 N–H and O–H groups in total. The maximum atomic E-state index is 4.51. The number of rotatable bonds is 17. The third kappa shape index (κ3) is 10.9. The Morgan fingerprint density at radius 1 is 0.667 bits per heavy atom. The molecule has 0 fully saturated rings. The van der Waals surface area contributed by atoms with E-state index >= 15 is 0 Å². The summed E-state index contributed by atoms with van der Waals surface area (Å²) < 4.78 is 0. The Kier molecular flexibility index (Phi) is 13.7. The van der Waals surface area contributed by atoms with Gasteiger partial charge in [0.05, 0.1) is 0 Å². The topological polar surface area (TPSA) is 25.8 Å². The molecule has 0 saturated heterocycles. The van der Waals surface area contributed by atoms with Crippen LogP contribution in [0.15, 0.2) is 30.6 Å². The summed E-state index contributed by atoms with van der Waals surface area (Å²) in [5.74, 6) is 7.95. The summed E-state index contributed by atoms with van der Waals surface area (Å²) in [5, 5.41) is 0. The van der Waals surface area contributed by atoms with Gasteiger partial charge in [0.2, 0.25) is 5.82 Å². The van der Waals surface area contributed by atoms with Crippen molar-refractivity contribution in [2.24, 2.45) is 5.92 Å². The van der Waals surface area contributed by atoms with E-state index in [0.717, 1.165) is 17.9 Å². The Morgan fingerprint density at radius 2 is 1.25 bits per heavy atom. The molecule has 2 nitrogen and oxygen atoms in total. The third-order valence-electron chi connectivity index (χ3n) is 7.78. The zero-order valence-electron chi connectivity index (χ0n) is 23.3. The first-order chi connectivity index (χ1) is 17.8. The fourth-order valence-electron chi connectivity index (χ4n) is 5.52. The number of benzene rings is 1. The van der Waals surface area contributed by atoms with Crippen LogP contribution >= 0.6 is 0 Å². The van der Waals surface area contributed by atoms with Crippen LogP contribution in [0.25, 0.3) is 0 Å². The minimum Gasteiger partial charge on any atom is -0.229 e. The van der Waals surface area contributed by atoms with Crippen LogP contribution in [-0.4, -0.2) is 9.97 Å². The lowest BCUT2D eigenvalue weighted by Crippen LogP contribution is -1.99. The largest absolute Gasteiger partial charge is 0.229 e. The van der Waals surface area contributed by atoms with Crippen molar-refractivity contribution in [1.29, 1.82) is 0 Å². The molecule has 2 heteroatoms. The van der Waals surface area contributed by atoms with E-state index in [1.54, 1.807) is 0 Å². The zero-order chi connectivity index (χ0) is 25.3. The number of nitrogens with zero attached hydrogens (tertiary/aromatic N) is 2. The molecule has 1 aromatic heterocycles. The highest BCUT2D eigenvalue weighted by Gasteiger charge is 2.20. The third-order valence-corrected chi connectivity index (χ3v) is 7.78. The summed E-state index contributed by atoms with van der Waals surface area (Å²) in [7, 11) is 0.